The predicted molar refractivity (Wildman–Crippen MR) is 132 cm³/mol. The highest BCUT2D eigenvalue weighted by Gasteiger charge is 2.12. The molecule has 0 atom stereocenters. The lowest BCUT2D eigenvalue weighted by Gasteiger charge is -2.11. The molecule has 3 heterocycles. The first kappa shape index (κ1) is 21.8. The van der Waals surface area contributed by atoms with Crippen molar-refractivity contribution in [1.82, 2.24) is 24.8 Å². The van der Waals surface area contributed by atoms with Crippen molar-refractivity contribution >= 4 is 23.1 Å². The molecular formula is C25H21N7O3. The van der Waals surface area contributed by atoms with Gasteiger partial charge in [0.1, 0.15) is 11.5 Å². The van der Waals surface area contributed by atoms with Crippen LogP contribution >= 0.6 is 0 Å². The number of benzene rings is 2. The summed E-state index contributed by atoms with van der Waals surface area (Å²) < 4.78 is 12.2. The third-order valence-electron chi connectivity index (χ3n) is 5.21. The summed E-state index contributed by atoms with van der Waals surface area (Å²) in [7, 11) is 3.10. The second-order valence-electron chi connectivity index (χ2n) is 7.52. The highest BCUT2D eigenvalue weighted by atomic mass is 16.5. The number of hydrogen-bond acceptors (Lipinski definition) is 7. The van der Waals surface area contributed by atoms with Crippen LogP contribution in [-0.2, 0) is 0 Å². The number of aromatic nitrogens is 5. The fourth-order valence-corrected chi connectivity index (χ4v) is 3.55. The fraction of sp³-hybridized carbons (Fsp3) is 0.0800. The van der Waals surface area contributed by atoms with Crippen molar-refractivity contribution in [3.63, 3.8) is 0 Å². The highest BCUT2D eigenvalue weighted by Crippen LogP contribution is 2.27. The van der Waals surface area contributed by atoms with Gasteiger partial charge in [0.05, 0.1) is 19.9 Å². The zero-order chi connectivity index (χ0) is 24.2. The molecule has 3 aromatic heterocycles. The van der Waals surface area contributed by atoms with Gasteiger partial charge >= 0.3 is 6.03 Å². The lowest BCUT2D eigenvalue weighted by molar-refractivity contribution is 0.262. The molecular weight excluding hydrogens is 446 g/mol. The number of pyridine rings is 1. The maximum absolute atomic E-state index is 12.6. The van der Waals surface area contributed by atoms with E-state index in [1.165, 1.54) is 0 Å². The number of nitrogens with one attached hydrogen (secondary N) is 2. The summed E-state index contributed by atoms with van der Waals surface area (Å²) in [5.41, 5.74) is 4.09. The number of ether oxygens (including phenoxy) is 2. The van der Waals surface area contributed by atoms with Crippen LogP contribution in [0.5, 0.6) is 11.5 Å². The van der Waals surface area contributed by atoms with Crippen molar-refractivity contribution in [2.45, 2.75) is 0 Å². The smallest absolute Gasteiger partial charge is 0.323 e. The van der Waals surface area contributed by atoms with Crippen LogP contribution in [0.4, 0.5) is 16.2 Å². The number of amides is 2. The first-order valence-corrected chi connectivity index (χ1v) is 10.7. The Labute approximate surface area is 200 Å². The summed E-state index contributed by atoms with van der Waals surface area (Å²) in [6.45, 7) is 0. The molecule has 10 heteroatoms. The van der Waals surface area contributed by atoms with Crippen LogP contribution in [0.2, 0.25) is 0 Å². The lowest BCUT2D eigenvalue weighted by Crippen LogP contribution is -2.19. The maximum atomic E-state index is 12.6. The number of fused-ring (bicyclic) bond motifs is 1. The highest BCUT2D eigenvalue weighted by molar-refractivity contribution is 6.00. The van der Waals surface area contributed by atoms with Gasteiger partial charge < -0.3 is 20.1 Å². The van der Waals surface area contributed by atoms with Crippen LogP contribution in [-0.4, -0.2) is 45.0 Å². The second-order valence-corrected chi connectivity index (χ2v) is 7.52. The first-order chi connectivity index (χ1) is 17.1. The fourth-order valence-electron chi connectivity index (χ4n) is 3.55. The van der Waals surface area contributed by atoms with Gasteiger partial charge in [0.25, 0.3) is 0 Å². The standard InChI is InChI=1S/C25H21N7O3/c1-34-20-12-19(13-21(14-20)35-2)28-25(33)27-18-7-3-5-16(11-18)22-8-9-23-29-30-24(32(23)31-22)17-6-4-10-26-15-17/h3-15H,1-2H3,(H2,27,28,33). The third-order valence-corrected chi connectivity index (χ3v) is 5.21. The van der Waals surface area contributed by atoms with E-state index < -0.39 is 6.03 Å². The van der Waals surface area contributed by atoms with E-state index in [0.29, 0.717) is 40.0 Å². The zero-order valence-corrected chi connectivity index (χ0v) is 19.0. The molecule has 174 valence electrons. The van der Waals surface area contributed by atoms with Gasteiger partial charge in [-0.1, -0.05) is 12.1 Å². The normalized spacial score (nSPS) is 10.7. The Morgan fingerprint density at radius 3 is 2.34 bits per heavy atom. The van der Waals surface area contributed by atoms with Crippen molar-refractivity contribution in [3.05, 3.63) is 79.1 Å². The Hall–Kier alpha value is -4.99. The number of methoxy groups -OCH3 is 2. The minimum Gasteiger partial charge on any atom is -0.497 e. The summed E-state index contributed by atoms with van der Waals surface area (Å²) >= 11 is 0. The number of rotatable bonds is 6. The molecule has 0 unspecified atom stereocenters. The molecule has 0 aliphatic heterocycles. The lowest BCUT2D eigenvalue weighted by atomic mass is 10.1. The van der Waals surface area contributed by atoms with E-state index >= 15 is 0 Å². The number of anilines is 2. The predicted octanol–water partition coefficient (Wildman–Crippen LogP) is 4.51. The molecule has 0 saturated carbocycles. The van der Waals surface area contributed by atoms with Crippen molar-refractivity contribution < 1.29 is 14.3 Å². The molecule has 0 aliphatic rings. The Morgan fingerprint density at radius 1 is 0.829 bits per heavy atom. The van der Waals surface area contributed by atoms with Crippen molar-refractivity contribution in [2.24, 2.45) is 0 Å². The van der Waals surface area contributed by atoms with Gasteiger partial charge in [-0.3, -0.25) is 4.98 Å². The molecule has 0 fully saturated rings. The van der Waals surface area contributed by atoms with Gasteiger partial charge in [0, 0.05) is 53.1 Å². The van der Waals surface area contributed by atoms with E-state index in [2.05, 4.69) is 25.8 Å². The Morgan fingerprint density at radius 2 is 1.60 bits per heavy atom. The molecule has 2 aromatic carbocycles. The van der Waals surface area contributed by atoms with Crippen molar-refractivity contribution in [1.29, 1.82) is 0 Å². The van der Waals surface area contributed by atoms with Crippen LogP contribution < -0.4 is 20.1 Å². The summed E-state index contributed by atoms with van der Waals surface area (Å²) in [5.74, 6) is 1.74. The van der Waals surface area contributed by atoms with Gasteiger partial charge in [0.2, 0.25) is 0 Å². The minimum absolute atomic E-state index is 0.404. The van der Waals surface area contributed by atoms with E-state index in [1.54, 1.807) is 55.4 Å². The van der Waals surface area contributed by atoms with Crippen LogP contribution in [0.1, 0.15) is 0 Å². The van der Waals surface area contributed by atoms with E-state index in [1.807, 2.05) is 42.5 Å². The molecule has 2 N–H and O–H groups in total. The van der Waals surface area contributed by atoms with Crippen molar-refractivity contribution in [2.75, 3.05) is 24.9 Å². The van der Waals surface area contributed by atoms with Crippen LogP contribution in [0.15, 0.2) is 79.1 Å². The molecule has 5 aromatic rings. The SMILES string of the molecule is COc1cc(NC(=O)Nc2cccc(-c3ccc4nnc(-c5cccnc5)n4n3)c2)cc(OC)c1. The van der Waals surface area contributed by atoms with E-state index in [-0.39, 0.29) is 0 Å². The molecule has 0 bridgehead atoms. The van der Waals surface area contributed by atoms with E-state index in [4.69, 9.17) is 14.6 Å². The molecule has 0 radical (unpaired) electrons. The van der Waals surface area contributed by atoms with Gasteiger partial charge in [-0.05, 0) is 36.4 Å². The van der Waals surface area contributed by atoms with E-state index in [0.717, 1.165) is 11.1 Å². The van der Waals surface area contributed by atoms with Crippen LogP contribution in [0, 0.1) is 0 Å². The van der Waals surface area contributed by atoms with Gasteiger partial charge in [-0.2, -0.15) is 9.61 Å². The second kappa shape index (κ2) is 9.48. The minimum atomic E-state index is -0.404. The van der Waals surface area contributed by atoms with Gasteiger partial charge in [-0.15, -0.1) is 10.2 Å². The molecule has 35 heavy (non-hydrogen) atoms. The summed E-state index contributed by atoms with van der Waals surface area (Å²) in [6, 6.07) is 19.6. The molecule has 5 rings (SSSR count). The monoisotopic (exact) mass is 467 g/mol. The van der Waals surface area contributed by atoms with Crippen molar-refractivity contribution in [3.8, 4) is 34.1 Å². The average molecular weight is 467 g/mol. The Bertz CT molecular complexity index is 1480. The third kappa shape index (κ3) is 4.71. The van der Waals surface area contributed by atoms with E-state index in [9.17, 15) is 4.79 Å². The van der Waals surface area contributed by atoms with Crippen LogP contribution in [0.25, 0.3) is 28.3 Å². The van der Waals surface area contributed by atoms with Crippen LogP contribution in [0.3, 0.4) is 0 Å². The Balaban J connectivity index is 1.38. The molecule has 0 saturated heterocycles. The molecule has 0 spiro atoms. The average Bonchev–Trinajstić information content (AvgIpc) is 3.32. The van der Waals surface area contributed by atoms with Gasteiger partial charge in [0.15, 0.2) is 11.5 Å². The number of hydrogen-bond donors (Lipinski definition) is 2. The summed E-state index contributed by atoms with van der Waals surface area (Å²) in [4.78, 5) is 16.8. The largest absolute Gasteiger partial charge is 0.497 e. The van der Waals surface area contributed by atoms with Gasteiger partial charge in [-0.25, -0.2) is 4.79 Å². The number of urea groups is 1. The zero-order valence-electron chi connectivity index (χ0n) is 19.0. The number of carbonyl (C=O) groups is 1. The summed E-state index contributed by atoms with van der Waals surface area (Å²) in [5, 5.41) is 18.8. The molecule has 0 aliphatic carbocycles. The molecule has 2 amide bonds. The molecule has 10 nitrogen and oxygen atoms in total. The summed E-state index contributed by atoms with van der Waals surface area (Å²) in [6.07, 6.45) is 3.41. The quantitative estimate of drug-likeness (QED) is 0.377. The number of carbonyl (C=O) groups excluding carboxylic acids is 1. The first-order valence-electron chi connectivity index (χ1n) is 10.7. The number of nitrogens with zero attached hydrogens (tertiary/aromatic N) is 5. The maximum Gasteiger partial charge on any atom is 0.323 e. The topological polar surface area (TPSA) is 116 Å². The Kier molecular flexibility index (Phi) is 5.91.